The molecule has 110 valence electrons. The van der Waals surface area contributed by atoms with E-state index < -0.39 is 22.2 Å². The van der Waals surface area contributed by atoms with Crippen LogP contribution in [0.2, 0.25) is 0 Å². The van der Waals surface area contributed by atoms with Crippen LogP contribution in [-0.2, 0) is 0 Å². The normalized spacial score (nSPS) is 16.1. The summed E-state index contributed by atoms with van der Waals surface area (Å²) in [5, 5.41) is 14.2. The Balaban J connectivity index is 2.23. The highest BCUT2D eigenvalue weighted by atomic mass is 19.1. The zero-order valence-corrected chi connectivity index (χ0v) is 11.2. The minimum absolute atomic E-state index is 0.00830. The van der Waals surface area contributed by atoms with Gasteiger partial charge in [0.15, 0.2) is 0 Å². The number of anilines is 1. The number of hydrogen-bond acceptors (Lipinski definition) is 4. The van der Waals surface area contributed by atoms with Crippen molar-refractivity contribution in [2.24, 2.45) is 5.92 Å². The van der Waals surface area contributed by atoms with E-state index in [1.165, 1.54) is 0 Å². The van der Waals surface area contributed by atoms with Gasteiger partial charge in [0.2, 0.25) is 5.82 Å². The Morgan fingerprint density at radius 1 is 1.40 bits per heavy atom. The van der Waals surface area contributed by atoms with E-state index in [-0.39, 0.29) is 5.69 Å². The Morgan fingerprint density at radius 3 is 2.65 bits per heavy atom. The molecule has 20 heavy (non-hydrogen) atoms. The predicted octanol–water partition coefficient (Wildman–Crippen LogP) is 2.31. The van der Waals surface area contributed by atoms with E-state index in [0.29, 0.717) is 18.5 Å². The first kappa shape index (κ1) is 14.6. The van der Waals surface area contributed by atoms with E-state index >= 15 is 0 Å². The fraction of sp³-hybridized carbons (Fsp3) is 0.538. The largest absolute Gasteiger partial charge is 0.369 e. The van der Waals surface area contributed by atoms with Crippen LogP contribution in [0.4, 0.5) is 20.2 Å². The standard InChI is InChI=1S/C13H17F2N3O2/c1-17(8-9-2-4-16-5-3-9)12-7-10(14)6-11(15)13(12)18(19)20/h6-7,9,16H,2-5,8H2,1H3. The average Bonchev–Trinajstić information content (AvgIpc) is 2.38. The first-order valence-corrected chi connectivity index (χ1v) is 6.54. The van der Waals surface area contributed by atoms with Crippen LogP contribution in [0.25, 0.3) is 0 Å². The smallest absolute Gasteiger partial charge is 0.328 e. The molecule has 7 heteroatoms. The number of piperidine rings is 1. The second-order valence-electron chi connectivity index (χ2n) is 5.09. The maximum Gasteiger partial charge on any atom is 0.328 e. The van der Waals surface area contributed by atoms with E-state index in [4.69, 9.17) is 0 Å². The number of hydrogen-bond donors (Lipinski definition) is 1. The Labute approximate surface area is 115 Å². The Bertz CT molecular complexity index is 505. The lowest BCUT2D eigenvalue weighted by molar-refractivity contribution is -0.386. The van der Waals surface area contributed by atoms with Crippen molar-refractivity contribution in [2.75, 3.05) is 31.6 Å². The molecule has 1 fully saturated rings. The molecule has 0 atom stereocenters. The molecule has 5 nitrogen and oxygen atoms in total. The summed E-state index contributed by atoms with van der Waals surface area (Å²) in [6.07, 6.45) is 1.91. The van der Waals surface area contributed by atoms with Gasteiger partial charge < -0.3 is 10.2 Å². The maximum absolute atomic E-state index is 13.6. The van der Waals surface area contributed by atoms with Gasteiger partial charge in [0.05, 0.1) is 4.92 Å². The van der Waals surface area contributed by atoms with Crippen LogP contribution in [-0.4, -0.2) is 31.6 Å². The molecule has 1 N–H and O–H groups in total. The molecule has 1 saturated heterocycles. The third-order valence-corrected chi connectivity index (χ3v) is 3.59. The molecule has 0 aromatic heterocycles. The Hall–Kier alpha value is -1.76. The van der Waals surface area contributed by atoms with Crippen molar-refractivity contribution in [3.63, 3.8) is 0 Å². The number of nitro groups is 1. The second kappa shape index (κ2) is 6.13. The number of rotatable bonds is 4. The summed E-state index contributed by atoms with van der Waals surface area (Å²) < 4.78 is 26.9. The van der Waals surface area contributed by atoms with Crippen molar-refractivity contribution in [3.8, 4) is 0 Å². The summed E-state index contributed by atoms with van der Waals surface area (Å²) >= 11 is 0. The molecule has 0 saturated carbocycles. The van der Waals surface area contributed by atoms with Gasteiger partial charge in [0.1, 0.15) is 11.5 Å². The molecule has 1 heterocycles. The van der Waals surface area contributed by atoms with Gasteiger partial charge in [-0.05, 0) is 31.8 Å². The predicted molar refractivity (Wildman–Crippen MR) is 71.9 cm³/mol. The lowest BCUT2D eigenvalue weighted by Crippen LogP contribution is -2.34. The number of nitrogens with one attached hydrogen (secondary N) is 1. The van der Waals surface area contributed by atoms with Gasteiger partial charge in [-0.25, -0.2) is 4.39 Å². The van der Waals surface area contributed by atoms with E-state index in [1.807, 2.05) is 0 Å². The van der Waals surface area contributed by atoms with Crippen LogP contribution >= 0.6 is 0 Å². The molecule has 0 amide bonds. The molecule has 0 radical (unpaired) electrons. The van der Waals surface area contributed by atoms with Crippen LogP contribution in [0.1, 0.15) is 12.8 Å². The molecular weight excluding hydrogens is 268 g/mol. The topological polar surface area (TPSA) is 58.4 Å². The minimum Gasteiger partial charge on any atom is -0.369 e. The van der Waals surface area contributed by atoms with Crippen molar-refractivity contribution >= 4 is 11.4 Å². The van der Waals surface area contributed by atoms with Crippen LogP contribution in [0.15, 0.2) is 12.1 Å². The number of benzene rings is 1. The maximum atomic E-state index is 13.6. The van der Waals surface area contributed by atoms with Crippen LogP contribution < -0.4 is 10.2 Å². The zero-order chi connectivity index (χ0) is 14.7. The van der Waals surface area contributed by atoms with Crippen molar-refractivity contribution in [3.05, 3.63) is 33.9 Å². The van der Waals surface area contributed by atoms with E-state index in [0.717, 1.165) is 32.0 Å². The van der Waals surface area contributed by atoms with Gasteiger partial charge in [-0.2, -0.15) is 4.39 Å². The number of nitrogens with zero attached hydrogens (tertiary/aromatic N) is 2. The van der Waals surface area contributed by atoms with Gasteiger partial charge in [-0.1, -0.05) is 0 Å². The lowest BCUT2D eigenvalue weighted by atomic mass is 9.97. The molecule has 2 rings (SSSR count). The van der Waals surface area contributed by atoms with Gasteiger partial charge in [0, 0.05) is 25.7 Å². The van der Waals surface area contributed by atoms with Crippen molar-refractivity contribution in [2.45, 2.75) is 12.8 Å². The quantitative estimate of drug-likeness (QED) is 0.681. The highest BCUT2D eigenvalue weighted by Crippen LogP contribution is 2.32. The van der Waals surface area contributed by atoms with Gasteiger partial charge in [-0.15, -0.1) is 0 Å². The molecule has 0 bridgehead atoms. The van der Waals surface area contributed by atoms with Gasteiger partial charge in [-0.3, -0.25) is 10.1 Å². The van der Waals surface area contributed by atoms with Crippen LogP contribution in [0, 0.1) is 27.7 Å². The summed E-state index contributed by atoms with van der Waals surface area (Å²) in [4.78, 5) is 11.7. The van der Waals surface area contributed by atoms with Gasteiger partial charge in [0.25, 0.3) is 0 Å². The average molecular weight is 285 g/mol. The van der Waals surface area contributed by atoms with Crippen LogP contribution in [0.5, 0.6) is 0 Å². The third kappa shape index (κ3) is 3.22. The molecule has 1 aromatic carbocycles. The summed E-state index contributed by atoms with van der Waals surface area (Å²) in [6, 6.07) is 1.56. The monoisotopic (exact) mass is 285 g/mol. The van der Waals surface area contributed by atoms with E-state index in [1.54, 1.807) is 11.9 Å². The highest BCUT2D eigenvalue weighted by molar-refractivity contribution is 5.63. The van der Waals surface area contributed by atoms with Gasteiger partial charge >= 0.3 is 5.69 Å². The SMILES string of the molecule is CN(CC1CCNCC1)c1cc(F)cc(F)c1[N+](=O)[O-]. The minimum atomic E-state index is -1.14. The van der Waals surface area contributed by atoms with E-state index in [9.17, 15) is 18.9 Å². The molecule has 0 unspecified atom stereocenters. The molecule has 1 aromatic rings. The van der Waals surface area contributed by atoms with Crippen molar-refractivity contribution in [1.82, 2.24) is 5.32 Å². The molecule has 1 aliphatic heterocycles. The first-order chi connectivity index (χ1) is 9.49. The number of halogens is 2. The summed E-state index contributed by atoms with van der Waals surface area (Å²) in [7, 11) is 1.63. The van der Waals surface area contributed by atoms with Crippen molar-refractivity contribution in [1.29, 1.82) is 0 Å². The summed E-state index contributed by atoms with van der Waals surface area (Å²) in [6.45, 7) is 2.35. The van der Waals surface area contributed by atoms with Crippen molar-refractivity contribution < 1.29 is 13.7 Å². The van der Waals surface area contributed by atoms with E-state index in [2.05, 4.69) is 5.32 Å². The second-order valence-corrected chi connectivity index (χ2v) is 5.09. The highest BCUT2D eigenvalue weighted by Gasteiger charge is 2.26. The zero-order valence-electron chi connectivity index (χ0n) is 11.2. The third-order valence-electron chi connectivity index (χ3n) is 3.59. The molecule has 0 aliphatic carbocycles. The Morgan fingerprint density at radius 2 is 2.05 bits per heavy atom. The summed E-state index contributed by atoms with van der Waals surface area (Å²) in [5.74, 6) is -1.57. The first-order valence-electron chi connectivity index (χ1n) is 6.54. The molecule has 0 spiro atoms. The Kier molecular flexibility index (Phi) is 4.49. The number of nitro benzene ring substituents is 1. The molecular formula is C13H17F2N3O2. The fourth-order valence-corrected chi connectivity index (χ4v) is 2.57. The fourth-order valence-electron chi connectivity index (χ4n) is 2.57. The van der Waals surface area contributed by atoms with Crippen LogP contribution in [0.3, 0.4) is 0 Å². The summed E-state index contributed by atoms with van der Waals surface area (Å²) in [5.41, 5.74) is -0.672. The lowest BCUT2D eigenvalue weighted by Gasteiger charge is -2.28. The molecule has 1 aliphatic rings.